The first-order valence-corrected chi connectivity index (χ1v) is 12.1. The number of nitrogens with zero attached hydrogens (tertiary/aromatic N) is 3. The molecule has 0 spiro atoms. The number of thiazole rings is 1. The van der Waals surface area contributed by atoms with Crippen molar-refractivity contribution in [3.8, 4) is 11.4 Å². The van der Waals surface area contributed by atoms with Crippen molar-refractivity contribution in [1.82, 2.24) is 19.4 Å². The second-order valence-corrected chi connectivity index (χ2v) is 9.49. The summed E-state index contributed by atoms with van der Waals surface area (Å²) in [5.74, 6) is 1.10. The molecule has 0 bridgehead atoms. The quantitative estimate of drug-likeness (QED) is 0.339. The number of rotatable bonds is 6. The molecule has 3 aromatic rings. The maximum absolute atomic E-state index is 12.6. The van der Waals surface area contributed by atoms with Gasteiger partial charge in [0.1, 0.15) is 10.4 Å². The number of benzene rings is 1. The molecular weight excluding hydrogens is 440 g/mol. The lowest BCUT2D eigenvalue weighted by molar-refractivity contribution is -0.129. The van der Waals surface area contributed by atoms with Crippen molar-refractivity contribution in [2.24, 2.45) is 0 Å². The van der Waals surface area contributed by atoms with E-state index in [0.29, 0.717) is 26.1 Å². The third-order valence-corrected chi connectivity index (χ3v) is 7.09. The number of ether oxygens (including phenoxy) is 1. The maximum Gasteiger partial charge on any atom is 0.271 e. The first kappa shape index (κ1) is 21.1. The number of carbonyl (C=O) groups excluding carboxylic acids is 1. The van der Waals surface area contributed by atoms with E-state index in [1.807, 2.05) is 36.1 Å². The monoisotopic (exact) mass is 462 g/mol. The highest BCUT2D eigenvalue weighted by Crippen LogP contribution is 2.26. The minimum absolute atomic E-state index is 0.0797. The van der Waals surface area contributed by atoms with Gasteiger partial charge < -0.3 is 14.6 Å². The Morgan fingerprint density at radius 2 is 2.00 bits per heavy atom. The highest BCUT2D eigenvalue weighted by Gasteiger charge is 2.18. The molecule has 0 atom stereocenters. The lowest BCUT2D eigenvalue weighted by Gasteiger charge is -2.26. The normalized spacial score (nSPS) is 14.2. The fourth-order valence-electron chi connectivity index (χ4n) is 3.41. The van der Waals surface area contributed by atoms with Crippen LogP contribution < -0.4 is 10.3 Å². The topological polar surface area (TPSA) is 80.2 Å². The van der Waals surface area contributed by atoms with Crippen LogP contribution in [0.15, 0.2) is 34.2 Å². The van der Waals surface area contributed by atoms with Crippen molar-refractivity contribution < 1.29 is 9.53 Å². The molecule has 158 valence electrons. The molecule has 10 heteroatoms. The number of carbonyl (C=O) groups is 1. The summed E-state index contributed by atoms with van der Waals surface area (Å²) in [7, 11) is 0. The standard InChI is InChI=1S/C20H22N4O3S3/c1-2-27-14-8-6-13(7-9-14)24-17-16(30-20(24)28)18(26)22-19(21-17)29-12-15(25)23-10-4-3-5-11-23/h6-9H,2-5,10-12H2,1H3,(H,21,22,26). The lowest BCUT2D eigenvalue weighted by Crippen LogP contribution is -2.36. The Balaban J connectivity index is 1.62. The average Bonchev–Trinajstić information content (AvgIpc) is 3.10. The number of hydrogen-bond acceptors (Lipinski definition) is 7. The largest absolute Gasteiger partial charge is 0.494 e. The number of amides is 1. The highest BCUT2D eigenvalue weighted by molar-refractivity contribution is 7.99. The van der Waals surface area contributed by atoms with Gasteiger partial charge in [0.15, 0.2) is 14.8 Å². The molecule has 30 heavy (non-hydrogen) atoms. The van der Waals surface area contributed by atoms with Crippen LogP contribution in [0.4, 0.5) is 0 Å². The summed E-state index contributed by atoms with van der Waals surface area (Å²) in [5, 5.41) is 0.422. The Bertz CT molecular complexity index is 1160. The smallest absolute Gasteiger partial charge is 0.271 e. The van der Waals surface area contributed by atoms with Crippen molar-refractivity contribution in [1.29, 1.82) is 0 Å². The number of hydrogen-bond donors (Lipinski definition) is 1. The van der Waals surface area contributed by atoms with Crippen LogP contribution in [0.5, 0.6) is 5.75 Å². The van der Waals surface area contributed by atoms with E-state index in [1.54, 1.807) is 4.57 Å². The van der Waals surface area contributed by atoms with Crippen molar-refractivity contribution in [2.75, 3.05) is 25.4 Å². The minimum Gasteiger partial charge on any atom is -0.494 e. The SMILES string of the molecule is CCOc1ccc(-n2c(=S)sc3c(=O)[nH]c(SCC(=O)N4CCCCC4)nc32)cc1. The molecule has 0 saturated carbocycles. The van der Waals surface area contributed by atoms with Gasteiger partial charge in [-0.05, 0) is 62.7 Å². The zero-order valence-corrected chi connectivity index (χ0v) is 19.0. The number of thioether (sulfide) groups is 1. The van der Waals surface area contributed by atoms with Crippen LogP contribution in [0.1, 0.15) is 26.2 Å². The molecule has 3 heterocycles. The summed E-state index contributed by atoms with van der Waals surface area (Å²) in [6.07, 6.45) is 3.28. The maximum atomic E-state index is 12.6. The predicted octanol–water partition coefficient (Wildman–Crippen LogP) is 4.01. The Labute approximate surface area is 187 Å². The molecule has 0 radical (unpaired) electrons. The highest BCUT2D eigenvalue weighted by atomic mass is 32.2. The third-order valence-electron chi connectivity index (χ3n) is 4.87. The zero-order valence-electron chi connectivity index (χ0n) is 16.6. The molecule has 2 aromatic heterocycles. The summed E-state index contributed by atoms with van der Waals surface area (Å²) in [6.45, 7) is 4.14. The van der Waals surface area contributed by atoms with Crippen LogP contribution in [-0.4, -0.2) is 50.8 Å². The van der Waals surface area contributed by atoms with Crippen LogP contribution in [0.25, 0.3) is 16.0 Å². The van der Waals surface area contributed by atoms with E-state index in [2.05, 4.69) is 9.97 Å². The number of fused-ring (bicyclic) bond motifs is 1. The number of aromatic nitrogens is 3. The Morgan fingerprint density at radius 1 is 1.27 bits per heavy atom. The van der Waals surface area contributed by atoms with Crippen molar-refractivity contribution in [3.05, 3.63) is 38.6 Å². The number of aromatic amines is 1. The summed E-state index contributed by atoms with van der Waals surface area (Å²) < 4.78 is 8.30. The Kier molecular flexibility index (Phi) is 6.55. The first-order chi connectivity index (χ1) is 14.6. The molecule has 4 rings (SSSR count). The summed E-state index contributed by atoms with van der Waals surface area (Å²) >= 11 is 7.98. The molecule has 1 aromatic carbocycles. The molecule has 0 unspecified atom stereocenters. The number of piperidine rings is 1. The molecule has 1 aliphatic heterocycles. The molecule has 1 fully saturated rings. The van der Waals surface area contributed by atoms with Gasteiger partial charge in [-0.2, -0.15) is 0 Å². The summed E-state index contributed by atoms with van der Waals surface area (Å²) in [4.78, 5) is 34.4. The summed E-state index contributed by atoms with van der Waals surface area (Å²) in [6, 6.07) is 7.51. The Morgan fingerprint density at radius 3 is 2.70 bits per heavy atom. The van der Waals surface area contributed by atoms with Crippen LogP contribution in [0.3, 0.4) is 0 Å². The fourth-order valence-corrected chi connectivity index (χ4v) is 5.44. The molecule has 7 nitrogen and oxygen atoms in total. The lowest BCUT2D eigenvalue weighted by atomic mass is 10.1. The van der Waals surface area contributed by atoms with Crippen LogP contribution >= 0.6 is 35.3 Å². The van der Waals surface area contributed by atoms with E-state index < -0.39 is 0 Å². The van der Waals surface area contributed by atoms with E-state index in [4.69, 9.17) is 17.0 Å². The second-order valence-electron chi connectivity index (χ2n) is 6.88. The molecular formula is C20H22N4O3S3. The third kappa shape index (κ3) is 4.45. The van der Waals surface area contributed by atoms with Gasteiger partial charge in [0, 0.05) is 18.8 Å². The van der Waals surface area contributed by atoms with Crippen molar-refractivity contribution >= 4 is 51.6 Å². The van der Waals surface area contributed by atoms with E-state index in [0.717, 1.165) is 37.4 Å². The number of nitrogens with one attached hydrogen (secondary N) is 1. The minimum atomic E-state index is -0.242. The van der Waals surface area contributed by atoms with Crippen LogP contribution in [0.2, 0.25) is 0 Å². The van der Waals surface area contributed by atoms with Gasteiger partial charge >= 0.3 is 0 Å². The molecule has 1 amide bonds. The number of likely N-dealkylation sites (tertiary alicyclic amines) is 1. The zero-order chi connectivity index (χ0) is 21.1. The Hall–Kier alpha value is -2.17. The van der Waals surface area contributed by atoms with Crippen molar-refractivity contribution in [2.45, 2.75) is 31.3 Å². The molecule has 1 saturated heterocycles. The van der Waals surface area contributed by atoms with Gasteiger partial charge in [0.2, 0.25) is 5.91 Å². The summed E-state index contributed by atoms with van der Waals surface area (Å²) in [5.41, 5.74) is 1.08. The second kappa shape index (κ2) is 9.32. The predicted molar refractivity (Wildman–Crippen MR) is 123 cm³/mol. The fraction of sp³-hybridized carbons (Fsp3) is 0.400. The first-order valence-electron chi connectivity index (χ1n) is 9.86. The van der Waals surface area contributed by atoms with E-state index in [-0.39, 0.29) is 17.2 Å². The van der Waals surface area contributed by atoms with Gasteiger partial charge in [-0.1, -0.05) is 23.1 Å². The van der Waals surface area contributed by atoms with Gasteiger partial charge in [-0.15, -0.1) is 0 Å². The molecule has 1 aliphatic rings. The molecule has 1 N–H and O–H groups in total. The van der Waals surface area contributed by atoms with E-state index in [1.165, 1.54) is 29.5 Å². The van der Waals surface area contributed by atoms with Crippen LogP contribution in [0, 0.1) is 3.95 Å². The van der Waals surface area contributed by atoms with Crippen LogP contribution in [-0.2, 0) is 4.79 Å². The van der Waals surface area contributed by atoms with Gasteiger partial charge in [0.05, 0.1) is 12.4 Å². The molecule has 0 aliphatic carbocycles. The van der Waals surface area contributed by atoms with Crippen molar-refractivity contribution in [3.63, 3.8) is 0 Å². The van der Waals surface area contributed by atoms with Gasteiger partial charge in [-0.25, -0.2) is 4.98 Å². The van der Waals surface area contributed by atoms with Gasteiger partial charge in [-0.3, -0.25) is 14.2 Å². The average molecular weight is 463 g/mol. The number of H-pyrrole nitrogens is 1. The van der Waals surface area contributed by atoms with Gasteiger partial charge in [0.25, 0.3) is 5.56 Å². The van der Waals surface area contributed by atoms with E-state index >= 15 is 0 Å². The van der Waals surface area contributed by atoms with E-state index in [9.17, 15) is 9.59 Å².